The minimum absolute atomic E-state index is 0.0215. The lowest BCUT2D eigenvalue weighted by Crippen LogP contribution is -2.41. The molecule has 0 radical (unpaired) electrons. The van der Waals surface area contributed by atoms with Gasteiger partial charge in [-0.1, -0.05) is 6.42 Å². The summed E-state index contributed by atoms with van der Waals surface area (Å²) in [6.07, 6.45) is 3.74. The Kier molecular flexibility index (Phi) is 7.45. The molecule has 1 atom stereocenters. The molecule has 3 rings (SSSR count). The zero-order valence-corrected chi connectivity index (χ0v) is 17.4. The number of ether oxygens (including phenoxy) is 1. The summed E-state index contributed by atoms with van der Waals surface area (Å²) in [6.45, 7) is 7.50. The standard InChI is InChI=1S/C20H31N3O4S/c1-17-5-2-3-12-23(17)28(25,26)19-8-6-18(7-9-19)20(24)21-10-4-11-22-13-15-27-16-14-22/h6-9,17H,2-5,10-16H2,1H3,(H,21,24). The van der Waals surface area contributed by atoms with E-state index in [1.807, 2.05) is 6.92 Å². The summed E-state index contributed by atoms with van der Waals surface area (Å²) < 4.78 is 32.6. The van der Waals surface area contributed by atoms with Gasteiger partial charge in [-0.05, 0) is 57.0 Å². The molecule has 0 saturated carbocycles. The summed E-state index contributed by atoms with van der Waals surface area (Å²) >= 11 is 0. The van der Waals surface area contributed by atoms with E-state index in [2.05, 4.69) is 10.2 Å². The molecule has 8 heteroatoms. The third-order valence-electron chi connectivity index (χ3n) is 5.51. The Labute approximate surface area is 168 Å². The van der Waals surface area contributed by atoms with Gasteiger partial charge in [-0.15, -0.1) is 0 Å². The van der Waals surface area contributed by atoms with Crippen LogP contribution in [-0.4, -0.2) is 75.5 Å². The SMILES string of the molecule is CC1CCCCN1S(=O)(=O)c1ccc(C(=O)NCCCN2CCOCC2)cc1. The zero-order chi connectivity index (χ0) is 20.0. The van der Waals surface area contributed by atoms with Gasteiger partial charge in [0.2, 0.25) is 10.0 Å². The fourth-order valence-corrected chi connectivity index (χ4v) is 5.47. The van der Waals surface area contributed by atoms with E-state index in [1.54, 1.807) is 28.6 Å². The van der Waals surface area contributed by atoms with Crippen LogP contribution in [0, 0.1) is 0 Å². The average Bonchev–Trinajstić information content (AvgIpc) is 2.72. The molecular weight excluding hydrogens is 378 g/mol. The highest BCUT2D eigenvalue weighted by Crippen LogP contribution is 2.25. The summed E-state index contributed by atoms with van der Waals surface area (Å²) in [5.74, 6) is -0.169. The number of carbonyl (C=O) groups is 1. The predicted molar refractivity (Wildman–Crippen MR) is 108 cm³/mol. The van der Waals surface area contributed by atoms with Crippen molar-refractivity contribution in [1.82, 2.24) is 14.5 Å². The van der Waals surface area contributed by atoms with Crippen LogP contribution in [0.1, 0.15) is 43.0 Å². The Hall–Kier alpha value is -1.48. The molecule has 2 heterocycles. The van der Waals surface area contributed by atoms with Gasteiger partial charge < -0.3 is 10.1 Å². The Morgan fingerprint density at radius 1 is 1.14 bits per heavy atom. The van der Waals surface area contributed by atoms with Crippen LogP contribution >= 0.6 is 0 Å². The van der Waals surface area contributed by atoms with Gasteiger partial charge in [0, 0.05) is 37.8 Å². The van der Waals surface area contributed by atoms with Crippen LogP contribution in [0.25, 0.3) is 0 Å². The summed E-state index contributed by atoms with van der Waals surface area (Å²) in [5.41, 5.74) is 0.483. The number of sulfonamides is 1. The summed E-state index contributed by atoms with van der Waals surface area (Å²) in [6, 6.07) is 6.30. The molecule has 156 valence electrons. The highest BCUT2D eigenvalue weighted by molar-refractivity contribution is 7.89. The first-order valence-electron chi connectivity index (χ1n) is 10.2. The van der Waals surface area contributed by atoms with Crippen LogP contribution in [0.4, 0.5) is 0 Å². The number of morpholine rings is 1. The van der Waals surface area contributed by atoms with Gasteiger partial charge in [-0.25, -0.2) is 8.42 Å². The van der Waals surface area contributed by atoms with Crippen molar-refractivity contribution >= 4 is 15.9 Å². The fraction of sp³-hybridized carbons (Fsp3) is 0.650. The van der Waals surface area contributed by atoms with E-state index in [4.69, 9.17) is 4.74 Å². The van der Waals surface area contributed by atoms with Crippen molar-refractivity contribution in [3.05, 3.63) is 29.8 Å². The van der Waals surface area contributed by atoms with E-state index in [0.29, 0.717) is 18.7 Å². The Morgan fingerprint density at radius 3 is 2.54 bits per heavy atom. The molecule has 7 nitrogen and oxygen atoms in total. The van der Waals surface area contributed by atoms with E-state index < -0.39 is 10.0 Å². The van der Waals surface area contributed by atoms with Gasteiger partial charge >= 0.3 is 0 Å². The van der Waals surface area contributed by atoms with E-state index >= 15 is 0 Å². The second-order valence-corrected chi connectivity index (χ2v) is 9.44. The third kappa shape index (κ3) is 5.31. The van der Waals surface area contributed by atoms with Crippen molar-refractivity contribution in [3.8, 4) is 0 Å². The molecule has 1 aromatic rings. The molecule has 1 aromatic carbocycles. The van der Waals surface area contributed by atoms with E-state index in [-0.39, 0.29) is 16.8 Å². The molecule has 2 fully saturated rings. The van der Waals surface area contributed by atoms with Crippen molar-refractivity contribution in [2.75, 3.05) is 45.9 Å². The Bertz CT molecular complexity index is 745. The molecule has 0 bridgehead atoms. The topological polar surface area (TPSA) is 79.0 Å². The maximum atomic E-state index is 12.9. The molecule has 2 aliphatic rings. The maximum Gasteiger partial charge on any atom is 0.251 e. The lowest BCUT2D eigenvalue weighted by Gasteiger charge is -2.32. The quantitative estimate of drug-likeness (QED) is 0.694. The van der Waals surface area contributed by atoms with Gasteiger partial charge in [-0.3, -0.25) is 9.69 Å². The number of nitrogens with zero attached hydrogens (tertiary/aromatic N) is 2. The van der Waals surface area contributed by atoms with Crippen molar-refractivity contribution in [2.45, 2.75) is 43.5 Å². The summed E-state index contributed by atoms with van der Waals surface area (Å²) in [4.78, 5) is 14.9. The van der Waals surface area contributed by atoms with Gasteiger partial charge in [0.25, 0.3) is 5.91 Å². The van der Waals surface area contributed by atoms with Crippen LogP contribution in [0.15, 0.2) is 29.2 Å². The molecule has 1 unspecified atom stereocenters. The second-order valence-electron chi connectivity index (χ2n) is 7.55. The van der Waals surface area contributed by atoms with Gasteiger partial charge in [0.05, 0.1) is 18.1 Å². The first-order valence-corrected chi connectivity index (χ1v) is 11.6. The molecule has 28 heavy (non-hydrogen) atoms. The maximum absolute atomic E-state index is 12.9. The fourth-order valence-electron chi connectivity index (χ4n) is 3.77. The molecule has 0 aromatic heterocycles. The number of rotatable bonds is 7. The molecular formula is C20H31N3O4S. The highest BCUT2D eigenvalue weighted by Gasteiger charge is 2.30. The van der Waals surface area contributed by atoms with Crippen LogP contribution in [-0.2, 0) is 14.8 Å². The summed E-state index contributed by atoms with van der Waals surface area (Å²) in [5, 5.41) is 2.91. The number of nitrogens with one attached hydrogen (secondary N) is 1. The molecule has 0 aliphatic carbocycles. The van der Waals surface area contributed by atoms with Crippen molar-refractivity contribution < 1.29 is 17.9 Å². The van der Waals surface area contributed by atoms with Crippen molar-refractivity contribution in [2.24, 2.45) is 0 Å². The van der Waals surface area contributed by atoms with Crippen molar-refractivity contribution in [3.63, 3.8) is 0 Å². The van der Waals surface area contributed by atoms with Crippen LogP contribution < -0.4 is 5.32 Å². The lowest BCUT2D eigenvalue weighted by molar-refractivity contribution is 0.0374. The van der Waals surface area contributed by atoms with Crippen LogP contribution in [0.5, 0.6) is 0 Å². The monoisotopic (exact) mass is 409 g/mol. The van der Waals surface area contributed by atoms with E-state index in [0.717, 1.165) is 58.5 Å². The Morgan fingerprint density at radius 2 is 1.86 bits per heavy atom. The van der Waals surface area contributed by atoms with Crippen LogP contribution in [0.2, 0.25) is 0 Å². The number of hydrogen-bond acceptors (Lipinski definition) is 5. The number of piperidine rings is 1. The van der Waals surface area contributed by atoms with Gasteiger partial charge in [0.15, 0.2) is 0 Å². The molecule has 0 spiro atoms. The third-order valence-corrected chi connectivity index (χ3v) is 7.53. The lowest BCUT2D eigenvalue weighted by atomic mass is 10.1. The first kappa shape index (κ1) is 21.2. The molecule has 1 N–H and O–H groups in total. The highest BCUT2D eigenvalue weighted by atomic mass is 32.2. The van der Waals surface area contributed by atoms with Crippen molar-refractivity contribution in [1.29, 1.82) is 0 Å². The Balaban J connectivity index is 1.51. The predicted octanol–water partition coefficient (Wildman–Crippen LogP) is 1.70. The van der Waals surface area contributed by atoms with Crippen LogP contribution in [0.3, 0.4) is 0 Å². The normalized spacial score (nSPS) is 22.1. The number of amides is 1. The first-order chi connectivity index (χ1) is 13.5. The number of carbonyl (C=O) groups excluding carboxylic acids is 1. The van der Waals surface area contributed by atoms with E-state index in [9.17, 15) is 13.2 Å². The molecule has 2 aliphatic heterocycles. The molecule has 2 saturated heterocycles. The number of benzene rings is 1. The second kappa shape index (κ2) is 9.82. The number of hydrogen-bond donors (Lipinski definition) is 1. The summed E-state index contributed by atoms with van der Waals surface area (Å²) in [7, 11) is -3.50. The van der Waals surface area contributed by atoms with E-state index in [1.165, 1.54) is 0 Å². The average molecular weight is 410 g/mol. The largest absolute Gasteiger partial charge is 0.379 e. The zero-order valence-electron chi connectivity index (χ0n) is 16.6. The van der Waals surface area contributed by atoms with Gasteiger partial charge in [-0.2, -0.15) is 4.31 Å². The molecule has 1 amide bonds. The minimum Gasteiger partial charge on any atom is -0.379 e. The van der Waals surface area contributed by atoms with Gasteiger partial charge in [0.1, 0.15) is 0 Å². The smallest absolute Gasteiger partial charge is 0.251 e. The minimum atomic E-state index is -3.50.